The Balaban J connectivity index is 1.61. The zero-order chi connectivity index (χ0) is 16.5. The first-order valence-electron chi connectivity index (χ1n) is 8.16. The van der Waals surface area contributed by atoms with E-state index in [-0.39, 0.29) is 5.91 Å². The molecule has 1 aliphatic rings. The van der Waals surface area contributed by atoms with Crippen LogP contribution in [0.15, 0.2) is 60.9 Å². The first kappa shape index (κ1) is 14.7. The number of imidazole rings is 1. The Kier molecular flexibility index (Phi) is 3.65. The zero-order valence-electron chi connectivity index (χ0n) is 13.6. The summed E-state index contributed by atoms with van der Waals surface area (Å²) in [5, 5.41) is 0. The molecule has 0 aliphatic carbocycles. The fourth-order valence-electron chi connectivity index (χ4n) is 3.23. The van der Waals surface area contributed by atoms with E-state index in [0.717, 1.165) is 41.0 Å². The Labute approximate surface area is 141 Å². The number of fused-ring (bicyclic) bond motifs is 1. The van der Waals surface area contributed by atoms with Gasteiger partial charge >= 0.3 is 0 Å². The van der Waals surface area contributed by atoms with Crippen molar-refractivity contribution < 1.29 is 4.79 Å². The van der Waals surface area contributed by atoms with Crippen molar-refractivity contribution in [3.8, 4) is 11.1 Å². The fraction of sp³-hybridized carbons (Fsp3) is 0.200. The number of hydrogen-bond donors (Lipinski definition) is 0. The van der Waals surface area contributed by atoms with Gasteiger partial charge in [-0.05, 0) is 23.3 Å². The Morgan fingerprint density at radius 2 is 1.83 bits per heavy atom. The molecule has 4 rings (SSSR count). The number of aromatic nitrogens is 2. The molecule has 120 valence electrons. The van der Waals surface area contributed by atoms with E-state index >= 15 is 0 Å². The molecule has 0 spiro atoms. The monoisotopic (exact) mass is 317 g/mol. The number of amides is 1. The van der Waals surface area contributed by atoms with Crippen LogP contribution in [0.3, 0.4) is 0 Å². The third kappa shape index (κ3) is 2.60. The smallest absolute Gasteiger partial charge is 0.254 e. The molecule has 4 heteroatoms. The predicted molar refractivity (Wildman–Crippen MR) is 93.5 cm³/mol. The van der Waals surface area contributed by atoms with Gasteiger partial charge in [-0.1, -0.05) is 42.5 Å². The molecule has 24 heavy (non-hydrogen) atoms. The number of rotatable bonds is 2. The second kappa shape index (κ2) is 5.96. The van der Waals surface area contributed by atoms with Crippen molar-refractivity contribution >= 4 is 5.91 Å². The van der Waals surface area contributed by atoms with E-state index in [2.05, 4.69) is 17.1 Å². The maximum Gasteiger partial charge on any atom is 0.254 e. The Morgan fingerprint density at radius 3 is 2.67 bits per heavy atom. The van der Waals surface area contributed by atoms with Crippen LogP contribution in [-0.4, -0.2) is 26.9 Å². The predicted octanol–water partition coefficient (Wildman–Crippen LogP) is 3.29. The van der Waals surface area contributed by atoms with Gasteiger partial charge in [-0.3, -0.25) is 4.79 Å². The molecule has 1 aliphatic heterocycles. The summed E-state index contributed by atoms with van der Waals surface area (Å²) in [6, 6.07) is 18.0. The van der Waals surface area contributed by atoms with Gasteiger partial charge in [-0.2, -0.15) is 0 Å². The third-order valence-electron chi connectivity index (χ3n) is 4.61. The van der Waals surface area contributed by atoms with Crippen LogP contribution in [0, 0.1) is 0 Å². The molecule has 1 amide bonds. The first-order valence-corrected chi connectivity index (χ1v) is 8.16. The summed E-state index contributed by atoms with van der Waals surface area (Å²) >= 11 is 0. The Hall–Kier alpha value is -2.88. The average molecular weight is 317 g/mol. The molecule has 4 nitrogen and oxygen atoms in total. The van der Waals surface area contributed by atoms with Gasteiger partial charge in [0.2, 0.25) is 0 Å². The van der Waals surface area contributed by atoms with Crippen LogP contribution >= 0.6 is 0 Å². The highest BCUT2D eigenvalue weighted by Gasteiger charge is 2.24. The standard InChI is InChI=1S/C20H19N3O/c1-22-14-21-18-10-11-23(13-19(18)22)20(24)17-9-5-8-16(12-17)15-6-3-2-4-7-15/h2-9,12,14H,10-11,13H2,1H3. The number of aryl methyl sites for hydroxylation is 1. The molecule has 0 bridgehead atoms. The number of nitrogens with zero attached hydrogens (tertiary/aromatic N) is 3. The fourth-order valence-corrected chi connectivity index (χ4v) is 3.23. The third-order valence-corrected chi connectivity index (χ3v) is 4.61. The lowest BCUT2D eigenvalue weighted by Crippen LogP contribution is -2.36. The van der Waals surface area contributed by atoms with Gasteiger partial charge < -0.3 is 9.47 Å². The van der Waals surface area contributed by atoms with E-state index in [9.17, 15) is 4.79 Å². The van der Waals surface area contributed by atoms with Crippen molar-refractivity contribution in [2.24, 2.45) is 7.05 Å². The average Bonchev–Trinajstić information content (AvgIpc) is 3.02. The van der Waals surface area contributed by atoms with Crippen molar-refractivity contribution in [2.75, 3.05) is 6.54 Å². The molecule has 0 fully saturated rings. The molecule has 2 heterocycles. The summed E-state index contributed by atoms with van der Waals surface area (Å²) in [6.07, 6.45) is 2.65. The minimum Gasteiger partial charge on any atom is -0.336 e. The number of carbonyl (C=O) groups excluding carboxylic acids is 1. The van der Waals surface area contributed by atoms with E-state index in [4.69, 9.17) is 0 Å². The van der Waals surface area contributed by atoms with Crippen molar-refractivity contribution in [2.45, 2.75) is 13.0 Å². The molecule has 3 aromatic rings. The highest BCUT2D eigenvalue weighted by Crippen LogP contribution is 2.23. The summed E-state index contributed by atoms with van der Waals surface area (Å²) in [5.41, 5.74) is 5.18. The number of benzene rings is 2. The highest BCUT2D eigenvalue weighted by molar-refractivity contribution is 5.95. The van der Waals surface area contributed by atoms with Crippen molar-refractivity contribution in [1.82, 2.24) is 14.5 Å². The van der Waals surface area contributed by atoms with E-state index in [1.165, 1.54) is 0 Å². The number of carbonyl (C=O) groups is 1. The maximum atomic E-state index is 12.9. The van der Waals surface area contributed by atoms with Crippen molar-refractivity contribution in [1.29, 1.82) is 0 Å². The first-order chi connectivity index (χ1) is 11.7. The molecule has 0 saturated carbocycles. The van der Waals surface area contributed by atoms with Gasteiger partial charge in [0.15, 0.2) is 0 Å². The highest BCUT2D eigenvalue weighted by atomic mass is 16.2. The summed E-state index contributed by atoms with van der Waals surface area (Å²) < 4.78 is 2.01. The van der Waals surface area contributed by atoms with Gasteiger partial charge in [-0.15, -0.1) is 0 Å². The van der Waals surface area contributed by atoms with Crippen molar-refractivity contribution in [3.63, 3.8) is 0 Å². The summed E-state index contributed by atoms with van der Waals surface area (Å²) in [7, 11) is 1.98. The Bertz CT molecular complexity index is 883. The molecule has 0 unspecified atom stereocenters. The van der Waals surface area contributed by atoms with Crippen LogP contribution in [0.5, 0.6) is 0 Å². The van der Waals surface area contributed by atoms with Gasteiger partial charge in [0, 0.05) is 25.6 Å². The van der Waals surface area contributed by atoms with Gasteiger partial charge in [0.25, 0.3) is 5.91 Å². The minimum absolute atomic E-state index is 0.0830. The lowest BCUT2D eigenvalue weighted by Gasteiger charge is -2.27. The topological polar surface area (TPSA) is 38.1 Å². The molecule has 0 N–H and O–H groups in total. The number of hydrogen-bond acceptors (Lipinski definition) is 2. The summed E-state index contributed by atoms with van der Waals surface area (Å²) in [4.78, 5) is 19.2. The lowest BCUT2D eigenvalue weighted by atomic mass is 10.0. The Morgan fingerprint density at radius 1 is 1.04 bits per heavy atom. The van der Waals surface area contributed by atoms with Crippen LogP contribution in [-0.2, 0) is 20.0 Å². The maximum absolute atomic E-state index is 12.9. The van der Waals surface area contributed by atoms with E-state index < -0.39 is 0 Å². The second-order valence-electron chi connectivity index (χ2n) is 6.17. The SMILES string of the molecule is Cn1cnc2c1CN(C(=O)c1cccc(-c3ccccc3)c1)CC2. The van der Waals surface area contributed by atoms with Crippen LogP contribution in [0.4, 0.5) is 0 Å². The second-order valence-corrected chi connectivity index (χ2v) is 6.17. The molecule has 1 aromatic heterocycles. The normalized spacial score (nSPS) is 13.6. The van der Waals surface area contributed by atoms with Crippen LogP contribution in [0.2, 0.25) is 0 Å². The van der Waals surface area contributed by atoms with Gasteiger partial charge in [0.1, 0.15) is 0 Å². The molecular formula is C20H19N3O. The molecular weight excluding hydrogens is 298 g/mol. The van der Waals surface area contributed by atoms with Gasteiger partial charge in [-0.25, -0.2) is 4.98 Å². The van der Waals surface area contributed by atoms with E-state index in [1.54, 1.807) is 0 Å². The summed E-state index contributed by atoms with van der Waals surface area (Å²) in [6.45, 7) is 1.35. The molecule has 0 saturated heterocycles. The molecule has 2 aromatic carbocycles. The lowest BCUT2D eigenvalue weighted by molar-refractivity contribution is 0.0730. The zero-order valence-corrected chi connectivity index (χ0v) is 13.6. The van der Waals surface area contributed by atoms with Crippen molar-refractivity contribution in [3.05, 3.63) is 77.9 Å². The summed E-state index contributed by atoms with van der Waals surface area (Å²) in [5.74, 6) is 0.0830. The largest absolute Gasteiger partial charge is 0.336 e. The van der Waals surface area contributed by atoms with E-state index in [1.807, 2.05) is 65.3 Å². The van der Waals surface area contributed by atoms with Gasteiger partial charge in [0.05, 0.1) is 24.3 Å². The van der Waals surface area contributed by atoms with Crippen LogP contribution in [0.25, 0.3) is 11.1 Å². The van der Waals surface area contributed by atoms with Crippen LogP contribution in [0.1, 0.15) is 21.7 Å². The quantitative estimate of drug-likeness (QED) is 0.727. The minimum atomic E-state index is 0.0830. The molecule has 0 radical (unpaired) electrons. The van der Waals surface area contributed by atoms with E-state index in [0.29, 0.717) is 6.54 Å². The molecule has 0 atom stereocenters. The van der Waals surface area contributed by atoms with Crippen LogP contribution < -0.4 is 0 Å².